The van der Waals surface area contributed by atoms with Crippen LogP contribution in [0.3, 0.4) is 0 Å². The van der Waals surface area contributed by atoms with Crippen LogP contribution in [0.15, 0.2) is 79.3 Å². The highest BCUT2D eigenvalue weighted by atomic mass is 16.1. The normalized spacial score (nSPS) is 12.2. The molecule has 4 aromatic rings. The molecule has 0 bridgehead atoms. The second-order valence-corrected chi connectivity index (χ2v) is 5.94. The van der Waals surface area contributed by atoms with E-state index in [4.69, 9.17) is 0 Å². The third-order valence-electron chi connectivity index (χ3n) is 4.32. The number of nitrogens with one attached hydrogen (secondary N) is 2. The third-order valence-corrected chi connectivity index (χ3v) is 4.32. The maximum Gasteiger partial charge on any atom is 0.227 e. The van der Waals surface area contributed by atoms with E-state index in [1.165, 1.54) is 5.39 Å². The van der Waals surface area contributed by atoms with E-state index in [0.29, 0.717) is 12.2 Å². The lowest BCUT2D eigenvalue weighted by molar-refractivity contribution is -0.116. The number of hydrogen-bond donors (Lipinski definition) is 2. The fraction of sp³-hybridized carbons (Fsp3) is 0.100. The summed E-state index contributed by atoms with van der Waals surface area (Å²) in [5, 5.41) is 11.8. The van der Waals surface area contributed by atoms with Crippen LogP contribution in [0, 0.1) is 0 Å². The molecular formula is C20H18N4O. The molecule has 5 nitrogen and oxygen atoms in total. The number of carbonyl (C=O) groups is 1. The molecule has 2 aromatic heterocycles. The van der Waals surface area contributed by atoms with E-state index in [2.05, 4.69) is 44.3 Å². The van der Waals surface area contributed by atoms with Gasteiger partial charge >= 0.3 is 0 Å². The molecule has 2 aromatic carbocycles. The Morgan fingerprint density at radius 1 is 1.04 bits per heavy atom. The van der Waals surface area contributed by atoms with Crippen molar-refractivity contribution in [3.8, 4) is 0 Å². The van der Waals surface area contributed by atoms with Crippen molar-refractivity contribution in [2.75, 3.05) is 5.32 Å². The van der Waals surface area contributed by atoms with E-state index >= 15 is 0 Å². The SMILES string of the molecule is O=C(C[C@H](c1cccc2ccccc12)n1cccc1)Nc1ccn[nH]1. The van der Waals surface area contributed by atoms with Crippen LogP contribution in [0.2, 0.25) is 0 Å². The highest BCUT2D eigenvalue weighted by Crippen LogP contribution is 2.29. The minimum absolute atomic E-state index is 0.0594. The van der Waals surface area contributed by atoms with Gasteiger partial charge in [0.05, 0.1) is 18.7 Å². The van der Waals surface area contributed by atoms with Gasteiger partial charge in [-0.1, -0.05) is 42.5 Å². The second kappa shape index (κ2) is 6.65. The fourth-order valence-corrected chi connectivity index (χ4v) is 3.17. The van der Waals surface area contributed by atoms with Gasteiger partial charge in [0.25, 0.3) is 0 Å². The summed E-state index contributed by atoms with van der Waals surface area (Å²) in [6, 6.07) is 20.1. The lowest BCUT2D eigenvalue weighted by Gasteiger charge is -2.21. The first kappa shape index (κ1) is 15.2. The van der Waals surface area contributed by atoms with Crippen molar-refractivity contribution < 1.29 is 4.79 Å². The van der Waals surface area contributed by atoms with Crippen molar-refractivity contribution in [3.05, 3.63) is 84.8 Å². The van der Waals surface area contributed by atoms with E-state index in [-0.39, 0.29) is 11.9 Å². The largest absolute Gasteiger partial charge is 0.346 e. The Morgan fingerprint density at radius 2 is 1.84 bits per heavy atom. The Balaban J connectivity index is 1.70. The van der Waals surface area contributed by atoms with E-state index in [1.807, 2.05) is 42.7 Å². The molecule has 0 aliphatic rings. The van der Waals surface area contributed by atoms with Crippen LogP contribution >= 0.6 is 0 Å². The van der Waals surface area contributed by atoms with Gasteiger partial charge in [-0.2, -0.15) is 5.10 Å². The van der Waals surface area contributed by atoms with Gasteiger partial charge in [0.2, 0.25) is 5.91 Å². The summed E-state index contributed by atoms with van der Waals surface area (Å²) in [6.07, 6.45) is 5.94. The lowest BCUT2D eigenvalue weighted by atomic mass is 9.96. The van der Waals surface area contributed by atoms with E-state index in [1.54, 1.807) is 12.3 Å². The van der Waals surface area contributed by atoms with Gasteiger partial charge < -0.3 is 9.88 Å². The topological polar surface area (TPSA) is 62.7 Å². The first-order valence-corrected chi connectivity index (χ1v) is 8.20. The number of benzene rings is 2. The zero-order valence-corrected chi connectivity index (χ0v) is 13.6. The zero-order chi connectivity index (χ0) is 17.1. The van der Waals surface area contributed by atoms with E-state index in [9.17, 15) is 4.79 Å². The third kappa shape index (κ3) is 3.17. The highest BCUT2D eigenvalue weighted by molar-refractivity contribution is 5.91. The fourth-order valence-electron chi connectivity index (χ4n) is 3.17. The summed E-state index contributed by atoms with van der Waals surface area (Å²) in [7, 11) is 0. The molecule has 0 aliphatic carbocycles. The molecule has 2 N–H and O–H groups in total. The minimum atomic E-state index is -0.0796. The molecule has 1 amide bonds. The number of rotatable bonds is 5. The Hall–Kier alpha value is -3.34. The van der Waals surface area contributed by atoms with E-state index in [0.717, 1.165) is 10.9 Å². The molecule has 124 valence electrons. The average molecular weight is 330 g/mol. The summed E-state index contributed by atoms with van der Waals surface area (Å²) in [5.41, 5.74) is 1.13. The quantitative estimate of drug-likeness (QED) is 0.581. The molecule has 0 unspecified atom stereocenters. The number of anilines is 1. The molecule has 0 radical (unpaired) electrons. The number of nitrogens with zero attached hydrogens (tertiary/aromatic N) is 2. The molecule has 0 saturated carbocycles. The minimum Gasteiger partial charge on any atom is -0.346 e. The van der Waals surface area contributed by atoms with Gasteiger partial charge in [-0.3, -0.25) is 9.89 Å². The number of aromatic nitrogens is 3. The predicted molar refractivity (Wildman–Crippen MR) is 98.4 cm³/mol. The second-order valence-electron chi connectivity index (χ2n) is 5.94. The zero-order valence-electron chi connectivity index (χ0n) is 13.6. The Bertz CT molecular complexity index is 969. The molecule has 2 heterocycles. The predicted octanol–water partition coefficient (Wildman–Crippen LogP) is 3.98. The molecule has 5 heteroatoms. The number of carbonyl (C=O) groups excluding carboxylic acids is 1. The van der Waals surface area contributed by atoms with Crippen molar-refractivity contribution in [3.63, 3.8) is 0 Å². The number of H-pyrrole nitrogens is 1. The summed E-state index contributed by atoms with van der Waals surface area (Å²) < 4.78 is 2.08. The monoisotopic (exact) mass is 330 g/mol. The number of amides is 1. The molecular weight excluding hydrogens is 312 g/mol. The number of hydrogen-bond acceptors (Lipinski definition) is 2. The molecule has 0 aliphatic heterocycles. The van der Waals surface area contributed by atoms with Gasteiger partial charge in [0.1, 0.15) is 5.82 Å². The molecule has 4 rings (SSSR count). The Morgan fingerprint density at radius 3 is 2.64 bits per heavy atom. The molecule has 0 fully saturated rings. The van der Waals surface area contributed by atoms with Crippen LogP contribution < -0.4 is 5.32 Å². The van der Waals surface area contributed by atoms with E-state index < -0.39 is 0 Å². The summed E-state index contributed by atoms with van der Waals surface area (Å²) >= 11 is 0. The Kier molecular flexibility index (Phi) is 4.04. The molecule has 1 atom stereocenters. The Labute approximate surface area is 145 Å². The van der Waals surface area contributed by atoms with Crippen LogP contribution in [0.4, 0.5) is 5.82 Å². The van der Waals surface area contributed by atoms with Crippen molar-refractivity contribution in [2.45, 2.75) is 12.5 Å². The number of fused-ring (bicyclic) bond motifs is 1. The first-order chi connectivity index (χ1) is 12.3. The summed E-state index contributed by atoms with van der Waals surface area (Å²) in [5.74, 6) is 0.546. The van der Waals surface area contributed by atoms with Gasteiger partial charge in [0, 0.05) is 18.5 Å². The van der Waals surface area contributed by atoms with Crippen LogP contribution in [-0.4, -0.2) is 20.7 Å². The summed E-state index contributed by atoms with van der Waals surface area (Å²) in [6.45, 7) is 0. The van der Waals surface area contributed by atoms with Gasteiger partial charge in [-0.15, -0.1) is 0 Å². The molecule has 25 heavy (non-hydrogen) atoms. The maximum absolute atomic E-state index is 12.6. The van der Waals surface area contributed by atoms with Crippen LogP contribution in [-0.2, 0) is 4.79 Å². The van der Waals surface area contributed by atoms with Gasteiger partial charge in [-0.25, -0.2) is 0 Å². The van der Waals surface area contributed by atoms with Gasteiger partial charge in [-0.05, 0) is 28.5 Å². The van der Waals surface area contributed by atoms with Crippen molar-refractivity contribution in [2.24, 2.45) is 0 Å². The lowest BCUT2D eigenvalue weighted by Crippen LogP contribution is -2.20. The number of aromatic amines is 1. The highest BCUT2D eigenvalue weighted by Gasteiger charge is 2.19. The molecule has 0 spiro atoms. The van der Waals surface area contributed by atoms with Crippen molar-refractivity contribution in [1.29, 1.82) is 0 Å². The maximum atomic E-state index is 12.6. The first-order valence-electron chi connectivity index (χ1n) is 8.20. The smallest absolute Gasteiger partial charge is 0.227 e. The average Bonchev–Trinajstić information content (AvgIpc) is 3.33. The van der Waals surface area contributed by atoms with Crippen LogP contribution in [0.25, 0.3) is 10.8 Å². The standard InChI is InChI=1S/C20H18N4O/c25-20(22-19-10-11-21-23-19)14-18(24-12-3-4-13-24)17-9-5-7-15-6-1-2-8-16(15)17/h1-13,18H,14H2,(H2,21,22,23,25)/t18-/m1/s1. The molecule has 0 saturated heterocycles. The summed E-state index contributed by atoms with van der Waals surface area (Å²) in [4.78, 5) is 12.6. The van der Waals surface area contributed by atoms with Gasteiger partial charge in [0.15, 0.2) is 0 Å². The van der Waals surface area contributed by atoms with Crippen molar-refractivity contribution in [1.82, 2.24) is 14.8 Å². The van der Waals surface area contributed by atoms with Crippen LogP contribution in [0.1, 0.15) is 18.0 Å². The van der Waals surface area contributed by atoms with Crippen molar-refractivity contribution >= 4 is 22.5 Å². The van der Waals surface area contributed by atoms with Crippen LogP contribution in [0.5, 0.6) is 0 Å².